The van der Waals surface area contributed by atoms with Crippen molar-refractivity contribution in [2.45, 2.75) is 23.6 Å². The standard InChI is InChI=1S/C15H12Cl2F3NO3S/c1-14(22,15(18,19)20)9-5-7-10(8-6-9)21-25(23,24)12-4-2-3-11(16)13(12)17/h2-8,21-22H,1H3. The fourth-order valence-corrected chi connectivity index (χ4v) is 3.75. The smallest absolute Gasteiger partial charge is 0.376 e. The molecule has 2 aromatic carbocycles. The highest BCUT2D eigenvalue weighted by Crippen LogP contribution is 2.39. The second-order valence-corrected chi connectivity index (χ2v) is 7.74. The fraction of sp³-hybridized carbons (Fsp3) is 0.200. The lowest BCUT2D eigenvalue weighted by molar-refractivity contribution is -0.258. The highest BCUT2D eigenvalue weighted by molar-refractivity contribution is 7.92. The number of hydrogen-bond donors (Lipinski definition) is 2. The molecule has 2 aromatic rings. The third kappa shape index (κ3) is 4.03. The van der Waals surface area contributed by atoms with Gasteiger partial charge in [-0.1, -0.05) is 41.4 Å². The first-order valence-electron chi connectivity index (χ1n) is 6.73. The van der Waals surface area contributed by atoms with E-state index in [1.54, 1.807) is 0 Å². The molecule has 25 heavy (non-hydrogen) atoms. The van der Waals surface area contributed by atoms with Crippen LogP contribution in [0.25, 0.3) is 0 Å². The summed E-state index contributed by atoms with van der Waals surface area (Å²) < 4.78 is 65.3. The lowest BCUT2D eigenvalue weighted by atomic mass is 9.95. The zero-order valence-corrected chi connectivity index (χ0v) is 14.9. The van der Waals surface area contributed by atoms with E-state index >= 15 is 0 Å². The van der Waals surface area contributed by atoms with Crippen LogP contribution in [0.15, 0.2) is 47.4 Å². The molecule has 10 heteroatoms. The van der Waals surface area contributed by atoms with Gasteiger partial charge in [0.05, 0.1) is 10.0 Å². The molecule has 0 saturated heterocycles. The van der Waals surface area contributed by atoms with Crippen LogP contribution in [0.2, 0.25) is 10.0 Å². The Morgan fingerprint density at radius 3 is 2.12 bits per heavy atom. The number of alkyl halides is 3. The van der Waals surface area contributed by atoms with Crippen molar-refractivity contribution in [2.24, 2.45) is 0 Å². The average molecular weight is 414 g/mol. The van der Waals surface area contributed by atoms with Crippen molar-refractivity contribution in [3.05, 3.63) is 58.1 Å². The molecule has 0 aliphatic carbocycles. The van der Waals surface area contributed by atoms with E-state index in [2.05, 4.69) is 4.72 Å². The maximum absolute atomic E-state index is 12.8. The molecule has 0 saturated carbocycles. The molecule has 0 fully saturated rings. The van der Waals surface area contributed by atoms with E-state index in [0.717, 1.165) is 24.3 Å². The molecule has 4 nitrogen and oxygen atoms in total. The Balaban J connectivity index is 2.31. The molecule has 1 unspecified atom stereocenters. The lowest BCUT2D eigenvalue weighted by Gasteiger charge is -2.26. The molecule has 0 spiro atoms. The average Bonchev–Trinajstić information content (AvgIpc) is 2.49. The summed E-state index contributed by atoms with van der Waals surface area (Å²) in [4.78, 5) is -0.270. The first-order valence-corrected chi connectivity index (χ1v) is 8.96. The summed E-state index contributed by atoms with van der Waals surface area (Å²) in [5.74, 6) is 0. The van der Waals surface area contributed by atoms with E-state index in [0.29, 0.717) is 6.92 Å². The number of nitrogens with one attached hydrogen (secondary N) is 1. The Bertz CT molecular complexity index is 882. The van der Waals surface area contributed by atoms with Gasteiger partial charge in [-0.25, -0.2) is 8.42 Å². The van der Waals surface area contributed by atoms with Gasteiger partial charge in [0, 0.05) is 5.69 Å². The second-order valence-electron chi connectivity index (χ2n) is 5.30. The zero-order valence-electron chi connectivity index (χ0n) is 12.6. The molecular weight excluding hydrogens is 402 g/mol. The Hall–Kier alpha value is -1.48. The Morgan fingerprint density at radius 1 is 1.04 bits per heavy atom. The minimum Gasteiger partial charge on any atom is -0.376 e. The topological polar surface area (TPSA) is 66.4 Å². The van der Waals surface area contributed by atoms with Gasteiger partial charge in [-0.3, -0.25) is 4.72 Å². The number of hydrogen-bond acceptors (Lipinski definition) is 3. The molecule has 0 bridgehead atoms. The number of rotatable bonds is 4. The quantitative estimate of drug-likeness (QED) is 0.771. The van der Waals surface area contributed by atoms with Crippen molar-refractivity contribution in [1.82, 2.24) is 0 Å². The van der Waals surface area contributed by atoms with E-state index < -0.39 is 27.4 Å². The van der Waals surface area contributed by atoms with E-state index in [1.807, 2.05) is 0 Å². The molecule has 0 aromatic heterocycles. The highest BCUT2D eigenvalue weighted by atomic mass is 35.5. The predicted molar refractivity (Wildman–Crippen MR) is 89.3 cm³/mol. The molecule has 0 heterocycles. The van der Waals surface area contributed by atoms with Gasteiger partial charge in [0.15, 0.2) is 5.60 Å². The predicted octanol–water partition coefficient (Wildman–Crippen LogP) is 4.56. The molecule has 0 aliphatic heterocycles. The van der Waals surface area contributed by atoms with Crippen molar-refractivity contribution in [1.29, 1.82) is 0 Å². The minimum absolute atomic E-state index is 0.00207. The van der Waals surface area contributed by atoms with Crippen molar-refractivity contribution >= 4 is 38.9 Å². The maximum Gasteiger partial charge on any atom is 0.421 e. The minimum atomic E-state index is -4.87. The van der Waals surface area contributed by atoms with Crippen LogP contribution in [-0.4, -0.2) is 19.7 Å². The summed E-state index contributed by atoms with van der Waals surface area (Å²) in [6.45, 7) is 0.609. The summed E-state index contributed by atoms with van der Waals surface area (Å²) in [6, 6.07) is 8.20. The molecule has 2 rings (SSSR count). The van der Waals surface area contributed by atoms with Crippen LogP contribution >= 0.6 is 23.2 Å². The molecule has 136 valence electrons. The molecule has 0 amide bonds. The van der Waals surface area contributed by atoms with Gasteiger partial charge in [-0.15, -0.1) is 0 Å². The van der Waals surface area contributed by atoms with E-state index in [-0.39, 0.29) is 20.6 Å². The molecular formula is C15H12Cl2F3NO3S. The SMILES string of the molecule is CC(O)(c1ccc(NS(=O)(=O)c2cccc(Cl)c2Cl)cc1)C(F)(F)F. The van der Waals surface area contributed by atoms with Crippen LogP contribution in [0.1, 0.15) is 12.5 Å². The van der Waals surface area contributed by atoms with Crippen molar-refractivity contribution < 1.29 is 26.7 Å². The molecule has 1 atom stereocenters. The monoisotopic (exact) mass is 413 g/mol. The van der Waals surface area contributed by atoms with Crippen LogP contribution in [0, 0.1) is 0 Å². The van der Waals surface area contributed by atoms with Gasteiger partial charge < -0.3 is 5.11 Å². The molecule has 0 radical (unpaired) electrons. The first-order chi connectivity index (χ1) is 11.4. The summed E-state index contributed by atoms with van der Waals surface area (Å²) in [6.07, 6.45) is -4.87. The number of benzene rings is 2. The lowest BCUT2D eigenvalue weighted by Crippen LogP contribution is -2.39. The van der Waals surface area contributed by atoms with Crippen molar-refractivity contribution in [2.75, 3.05) is 4.72 Å². The zero-order chi connectivity index (χ0) is 19.0. The normalized spacial score (nSPS) is 14.8. The Morgan fingerprint density at radius 2 is 1.60 bits per heavy atom. The van der Waals surface area contributed by atoms with Gasteiger partial charge in [-0.05, 0) is 36.8 Å². The van der Waals surface area contributed by atoms with Crippen LogP contribution < -0.4 is 4.72 Å². The summed E-state index contributed by atoms with van der Waals surface area (Å²) in [7, 11) is -4.09. The summed E-state index contributed by atoms with van der Waals surface area (Å²) >= 11 is 11.6. The number of sulfonamides is 1. The van der Waals surface area contributed by atoms with Gasteiger partial charge in [-0.2, -0.15) is 13.2 Å². The second kappa shape index (κ2) is 6.68. The number of halogens is 5. The summed E-state index contributed by atoms with van der Waals surface area (Å²) in [5.41, 5.74) is -3.48. The van der Waals surface area contributed by atoms with Gasteiger partial charge in [0.1, 0.15) is 4.90 Å². The van der Waals surface area contributed by atoms with Crippen LogP contribution in [0.5, 0.6) is 0 Å². The van der Waals surface area contributed by atoms with Gasteiger partial charge >= 0.3 is 6.18 Å². The third-order valence-electron chi connectivity index (χ3n) is 3.46. The van der Waals surface area contributed by atoms with E-state index in [1.165, 1.54) is 18.2 Å². The van der Waals surface area contributed by atoms with E-state index in [4.69, 9.17) is 23.2 Å². The van der Waals surface area contributed by atoms with Crippen LogP contribution in [0.3, 0.4) is 0 Å². The van der Waals surface area contributed by atoms with Gasteiger partial charge in [0.25, 0.3) is 10.0 Å². The Kier molecular flexibility index (Phi) is 5.30. The van der Waals surface area contributed by atoms with Gasteiger partial charge in [0.2, 0.25) is 0 Å². The van der Waals surface area contributed by atoms with Crippen LogP contribution in [-0.2, 0) is 15.6 Å². The largest absolute Gasteiger partial charge is 0.421 e. The maximum atomic E-state index is 12.8. The number of anilines is 1. The highest BCUT2D eigenvalue weighted by Gasteiger charge is 2.51. The third-order valence-corrected chi connectivity index (χ3v) is 5.81. The van der Waals surface area contributed by atoms with Crippen molar-refractivity contribution in [3.8, 4) is 0 Å². The number of aliphatic hydroxyl groups is 1. The van der Waals surface area contributed by atoms with Crippen molar-refractivity contribution in [3.63, 3.8) is 0 Å². The molecule has 0 aliphatic rings. The summed E-state index contributed by atoms with van der Waals surface area (Å²) in [5, 5.41) is 9.46. The fourth-order valence-electron chi connectivity index (χ4n) is 1.93. The Labute approximate surface area is 152 Å². The molecule has 2 N–H and O–H groups in total. The van der Waals surface area contributed by atoms with Crippen LogP contribution in [0.4, 0.5) is 18.9 Å². The van der Waals surface area contributed by atoms with E-state index in [9.17, 15) is 26.7 Å². The first kappa shape index (κ1) is 19.8.